The molecule has 1 aliphatic rings. The molecule has 0 aliphatic carbocycles. The number of hydrogen-bond acceptors (Lipinski definition) is 4. The fourth-order valence-electron chi connectivity index (χ4n) is 2.91. The van der Waals surface area contributed by atoms with Crippen LogP contribution in [0.15, 0.2) is 60.9 Å². The third kappa shape index (κ3) is 3.06. The van der Waals surface area contributed by atoms with Gasteiger partial charge in [-0.25, -0.2) is 14.4 Å². The minimum atomic E-state index is -0.309. The Balaban J connectivity index is 1.57. The van der Waals surface area contributed by atoms with Gasteiger partial charge in [0.1, 0.15) is 23.7 Å². The van der Waals surface area contributed by atoms with Crippen LogP contribution in [0.1, 0.15) is 16.1 Å². The minimum Gasteiger partial charge on any atom is -0.340 e. The molecule has 1 aromatic heterocycles. The monoisotopic (exact) mass is 334 g/mol. The molecule has 0 unspecified atom stereocenters. The van der Waals surface area contributed by atoms with Crippen molar-refractivity contribution >= 4 is 23.1 Å². The number of halogens is 1. The first-order valence-corrected chi connectivity index (χ1v) is 7.95. The number of anilines is 3. The third-order valence-electron chi connectivity index (χ3n) is 4.14. The van der Waals surface area contributed by atoms with E-state index in [1.165, 1.54) is 18.5 Å². The molecule has 2 heterocycles. The number of nitrogens with one attached hydrogen (secondary N) is 1. The van der Waals surface area contributed by atoms with Crippen molar-refractivity contribution in [2.45, 2.75) is 6.42 Å². The van der Waals surface area contributed by atoms with E-state index in [2.05, 4.69) is 15.3 Å². The first-order valence-electron chi connectivity index (χ1n) is 7.95. The van der Waals surface area contributed by atoms with Gasteiger partial charge in [-0.05, 0) is 42.3 Å². The van der Waals surface area contributed by atoms with E-state index >= 15 is 0 Å². The van der Waals surface area contributed by atoms with Crippen molar-refractivity contribution in [3.05, 3.63) is 78.0 Å². The number of carbonyl (C=O) groups excluding carboxylic acids is 1. The molecule has 6 heteroatoms. The minimum absolute atomic E-state index is 0.158. The number of carbonyl (C=O) groups is 1. The molecular formula is C19H15FN4O. The standard InChI is InChI=1S/C19H15FN4O/c20-14-5-7-15(8-6-14)23-18-11-16(21-12-22-18)19(25)24-10-9-13-3-1-2-4-17(13)24/h1-8,11-12H,9-10H2,(H,21,22,23). The molecule has 0 bridgehead atoms. The van der Waals surface area contributed by atoms with Crippen molar-refractivity contribution in [2.24, 2.45) is 0 Å². The highest BCUT2D eigenvalue weighted by Crippen LogP contribution is 2.28. The Kier molecular flexibility index (Phi) is 3.85. The molecule has 1 aliphatic heterocycles. The van der Waals surface area contributed by atoms with Crippen molar-refractivity contribution in [1.29, 1.82) is 0 Å². The molecule has 0 spiro atoms. The number of aromatic nitrogens is 2. The van der Waals surface area contributed by atoms with Crippen molar-refractivity contribution in [2.75, 3.05) is 16.8 Å². The summed E-state index contributed by atoms with van der Waals surface area (Å²) in [4.78, 5) is 22.8. The lowest BCUT2D eigenvalue weighted by molar-refractivity contribution is 0.0984. The van der Waals surface area contributed by atoms with Crippen molar-refractivity contribution < 1.29 is 9.18 Å². The lowest BCUT2D eigenvalue weighted by atomic mass is 10.2. The van der Waals surface area contributed by atoms with Crippen LogP contribution in [0.5, 0.6) is 0 Å². The van der Waals surface area contributed by atoms with Crippen LogP contribution in [-0.2, 0) is 6.42 Å². The van der Waals surface area contributed by atoms with Crippen LogP contribution < -0.4 is 10.2 Å². The number of rotatable bonds is 3. The molecule has 124 valence electrons. The fraction of sp³-hybridized carbons (Fsp3) is 0.105. The van der Waals surface area contributed by atoms with Gasteiger partial charge in [0.2, 0.25) is 0 Å². The number of para-hydroxylation sites is 1. The van der Waals surface area contributed by atoms with Gasteiger partial charge in [0, 0.05) is 24.0 Å². The lowest BCUT2D eigenvalue weighted by Gasteiger charge is -2.17. The molecule has 1 amide bonds. The summed E-state index contributed by atoms with van der Waals surface area (Å²) >= 11 is 0. The molecule has 0 saturated carbocycles. The molecule has 3 aromatic rings. The van der Waals surface area contributed by atoms with E-state index in [0.29, 0.717) is 23.7 Å². The van der Waals surface area contributed by atoms with Crippen molar-refractivity contribution in [1.82, 2.24) is 9.97 Å². The zero-order chi connectivity index (χ0) is 17.2. The van der Waals surface area contributed by atoms with E-state index in [9.17, 15) is 9.18 Å². The molecule has 4 rings (SSSR count). The average Bonchev–Trinajstić information content (AvgIpc) is 3.07. The summed E-state index contributed by atoms with van der Waals surface area (Å²) < 4.78 is 13.0. The molecule has 2 aromatic carbocycles. The highest BCUT2D eigenvalue weighted by molar-refractivity contribution is 6.06. The van der Waals surface area contributed by atoms with Crippen LogP contribution in [-0.4, -0.2) is 22.4 Å². The molecule has 0 saturated heterocycles. The van der Waals surface area contributed by atoms with Gasteiger partial charge in [0.25, 0.3) is 5.91 Å². The van der Waals surface area contributed by atoms with E-state index < -0.39 is 0 Å². The predicted octanol–water partition coefficient (Wildman–Crippen LogP) is 3.56. The van der Waals surface area contributed by atoms with Crippen molar-refractivity contribution in [3.8, 4) is 0 Å². The maximum absolute atomic E-state index is 13.0. The van der Waals surface area contributed by atoms with Crippen LogP contribution in [0, 0.1) is 5.82 Å². The second-order valence-corrected chi connectivity index (χ2v) is 5.76. The Labute approximate surface area is 144 Å². The predicted molar refractivity (Wildman–Crippen MR) is 93.5 cm³/mol. The zero-order valence-corrected chi connectivity index (χ0v) is 13.3. The second-order valence-electron chi connectivity index (χ2n) is 5.76. The van der Waals surface area contributed by atoms with Crippen LogP contribution in [0.25, 0.3) is 0 Å². The van der Waals surface area contributed by atoms with Gasteiger partial charge < -0.3 is 10.2 Å². The zero-order valence-electron chi connectivity index (χ0n) is 13.3. The quantitative estimate of drug-likeness (QED) is 0.796. The first-order chi connectivity index (χ1) is 12.2. The summed E-state index contributed by atoms with van der Waals surface area (Å²) in [5.74, 6) is 0.0174. The van der Waals surface area contributed by atoms with Crippen LogP contribution >= 0.6 is 0 Å². The molecular weight excluding hydrogens is 319 g/mol. The Morgan fingerprint density at radius 3 is 2.72 bits per heavy atom. The normalized spacial score (nSPS) is 12.8. The highest BCUT2D eigenvalue weighted by atomic mass is 19.1. The SMILES string of the molecule is O=C(c1cc(Nc2ccc(F)cc2)ncn1)N1CCc2ccccc21. The molecule has 25 heavy (non-hydrogen) atoms. The van der Waals surface area contributed by atoms with Gasteiger partial charge in [0.15, 0.2) is 0 Å². The van der Waals surface area contributed by atoms with E-state index in [-0.39, 0.29) is 11.7 Å². The molecule has 0 atom stereocenters. The van der Waals surface area contributed by atoms with Crippen LogP contribution in [0.2, 0.25) is 0 Å². The summed E-state index contributed by atoms with van der Waals surface area (Å²) in [6.07, 6.45) is 2.19. The van der Waals surface area contributed by atoms with Gasteiger partial charge in [-0.1, -0.05) is 18.2 Å². The van der Waals surface area contributed by atoms with E-state index in [0.717, 1.165) is 17.7 Å². The van der Waals surface area contributed by atoms with Gasteiger partial charge in [-0.15, -0.1) is 0 Å². The fourth-order valence-corrected chi connectivity index (χ4v) is 2.91. The maximum Gasteiger partial charge on any atom is 0.277 e. The largest absolute Gasteiger partial charge is 0.340 e. The van der Waals surface area contributed by atoms with Gasteiger partial charge in [0.05, 0.1) is 0 Å². The van der Waals surface area contributed by atoms with Crippen LogP contribution in [0.3, 0.4) is 0 Å². The van der Waals surface area contributed by atoms with E-state index in [1.807, 2.05) is 24.3 Å². The molecule has 5 nitrogen and oxygen atoms in total. The molecule has 1 N–H and O–H groups in total. The number of nitrogens with zero attached hydrogens (tertiary/aromatic N) is 3. The molecule has 0 fully saturated rings. The second kappa shape index (κ2) is 6.32. The number of hydrogen-bond donors (Lipinski definition) is 1. The number of fused-ring (bicyclic) bond motifs is 1. The molecule has 0 radical (unpaired) electrons. The topological polar surface area (TPSA) is 58.1 Å². The summed E-state index contributed by atoms with van der Waals surface area (Å²) in [5.41, 5.74) is 3.09. The third-order valence-corrected chi connectivity index (χ3v) is 4.14. The Hall–Kier alpha value is -3.28. The highest BCUT2D eigenvalue weighted by Gasteiger charge is 2.26. The van der Waals surface area contributed by atoms with E-state index in [4.69, 9.17) is 0 Å². The summed E-state index contributed by atoms with van der Waals surface area (Å²) in [7, 11) is 0. The van der Waals surface area contributed by atoms with Crippen LogP contribution in [0.4, 0.5) is 21.6 Å². The van der Waals surface area contributed by atoms with Gasteiger partial charge >= 0.3 is 0 Å². The first kappa shape index (κ1) is 15.3. The Bertz CT molecular complexity index is 927. The maximum atomic E-state index is 13.0. The number of amides is 1. The summed E-state index contributed by atoms with van der Waals surface area (Å²) in [6, 6.07) is 15.4. The smallest absolute Gasteiger partial charge is 0.277 e. The lowest BCUT2D eigenvalue weighted by Crippen LogP contribution is -2.29. The van der Waals surface area contributed by atoms with E-state index in [1.54, 1.807) is 23.1 Å². The van der Waals surface area contributed by atoms with Gasteiger partial charge in [-0.3, -0.25) is 4.79 Å². The number of benzene rings is 2. The average molecular weight is 334 g/mol. The van der Waals surface area contributed by atoms with Crippen molar-refractivity contribution in [3.63, 3.8) is 0 Å². The summed E-state index contributed by atoms with van der Waals surface area (Å²) in [5, 5.41) is 3.05. The summed E-state index contributed by atoms with van der Waals surface area (Å²) in [6.45, 7) is 0.642. The van der Waals surface area contributed by atoms with Gasteiger partial charge in [-0.2, -0.15) is 0 Å². The Morgan fingerprint density at radius 1 is 1.08 bits per heavy atom. The Morgan fingerprint density at radius 2 is 1.88 bits per heavy atom.